The summed E-state index contributed by atoms with van der Waals surface area (Å²) in [6, 6.07) is 3.99. The third-order valence-electron chi connectivity index (χ3n) is 5.01. The molecule has 0 bridgehead atoms. The fourth-order valence-corrected chi connectivity index (χ4v) is 3.51. The molecule has 0 radical (unpaired) electrons. The molecule has 154 valence electrons. The van der Waals surface area contributed by atoms with Gasteiger partial charge in [0.2, 0.25) is 0 Å². The highest BCUT2D eigenvalue weighted by Gasteiger charge is 2.27. The normalized spacial score (nSPS) is 13.4. The van der Waals surface area contributed by atoms with Gasteiger partial charge < -0.3 is 10.2 Å². The maximum absolute atomic E-state index is 9.52. The largest absolute Gasteiger partial charge is 0.394 e. The predicted octanol–water partition coefficient (Wildman–Crippen LogP) is 0.348. The molecule has 3 N–H and O–H groups in total. The van der Waals surface area contributed by atoms with Crippen LogP contribution in [-0.2, 0) is 19.7 Å². The molecule has 0 fully saturated rings. The molecule has 0 atom stereocenters. The Hall–Kier alpha value is -3.54. The van der Waals surface area contributed by atoms with Crippen molar-refractivity contribution in [1.82, 2.24) is 34.9 Å². The number of hydrazine groups is 2. The number of rotatable bonds is 6. The van der Waals surface area contributed by atoms with E-state index >= 15 is 0 Å². The highest BCUT2D eigenvalue weighted by atomic mass is 16.3. The molecule has 1 aliphatic rings. The number of hydrogen-bond donors (Lipinski definition) is 3. The summed E-state index contributed by atoms with van der Waals surface area (Å²) in [4.78, 5) is 9.36. The van der Waals surface area contributed by atoms with Gasteiger partial charge in [0.1, 0.15) is 0 Å². The summed E-state index contributed by atoms with van der Waals surface area (Å²) >= 11 is 0. The van der Waals surface area contributed by atoms with Gasteiger partial charge >= 0.3 is 0 Å². The van der Waals surface area contributed by atoms with Crippen LogP contribution in [-0.4, -0.2) is 53.2 Å². The smallest absolute Gasteiger partial charge is 0.190 e. The van der Waals surface area contributed by atoms with Crippen LogP contribution in [0.25, 0.3) is 16.8 Å². The van der Waals surface area contributed by atoms with Crippen LogP contribution in [0.3, 0.4) is 0 Å². The van der Waals surface area contributed by atoms with Crippen molar-refractivity contribution in [3.8, 4) is 11.3 Å². The van der Waals surface area contributed by atoms with Crippen molar-refractivity contribution in [3.63, 3.8) is 0 Å². The monoisotopic (exact) mass is 407 g/mol. The Balaban J connectivity index is 1.45. The lowest BCUT2D eigenvalue weighted by molar-refractivity contribution is 0.269. The molecule has 1 aliphatic heterocycles. The Morgan fingerprint density at radius 3 is 2.83 bits per heavy atom. The zero-order chi connectivity index (χ0) is 20.7. The molecule has 0 aromatic carbocycles. The van der Waals surface area contributed by atoms with Crippen molar-refractivity contribution in [2.45, 2.75) is 19.7 Å². The van der Waals surface area contributed by atoms with Gasteiger partial charge in [0.15, 0.2) is 11.6 Å². The van der Waals surface area contributed by atoms with Crippen LogP contribution in [0.2, 0.25) is 0 Å². The van der Waals surface area contributed by atoms with Gasteiger partial charge in [-0.2, -0.15) is 10.2 Å². The number of nitrogens with zero attached hydrogens (tertiary/aromatic N) is 8. The van der Waals surface area contributed by atoms with E-state index in [4.69, 9.17) is 10.1 Å². The van der Waals surface area contributed by atoms with Crippen LogP contribution in [0, 0.1) is 0 Å². The van der Waals surface area contributed by atoms with Crippen molar-refractivity contribution in [3.05, 3.63) is 54.2 Å². The van der Waals surface area contributed by atoms with Crippen molar-refractivity contribution in [2.24, 2.45) is 0 Å². The van der Waals surface area contributed by atoms with Gasteiger partial charge in [-0.25, -0.2) is 14.5 Å². The maximum atomic E-state index is 9.52. The van der Waals surface area contributed by atoms with Crippen molar-refractivity contribution in [2.75, 3.05) is 23.7 Å². The Morgan fingerprint density at radius 1 is 1.10 bits per heavy atom. The van der Waals surface area contributed by atoms with E-state index in [2.05, 4.69) is 20.7 Å². The summed E-state index contributed by atoms with van der Waals surface area (Å²) in [5.74, 6) is 1.43. The topological polar surface area (TPSA) is 120 Å². The van der Waals surface area contributed by atoms with E-state index in [1.807, 2.05) is 41.6 Å². The zero-order valence-corrected chi connectivity index (χ0v) is 16.3. The Kier molecular flexibility index (Phi) is 4.54. The molecule has 30 heavy (non-hydrogen) atoms. The minimum atomic E-state index is -0.0563. The van der Waals surface area contributed by atoms with Gasteiger partial charge in [0, 0.05) is 30.6 Å². The van der Waals surface area contributed by atoms with Crippen LogP contribution in [0.1, 0.15) is 11.1 Å². The first-order valence-electron chi connectivity index (χ1n) is 9.50. The third kappa shape index (κ3) is 3.14. The summed E-state index contributed by atoms with van der Waals surface area (Å²) in [6.45, 7) is 0.950. The second-order valence-electron chi connectivity index (χ2n) is 7.06. The van der Waals surface area contributed by atoms with Crippen LogP contribution >= 0.6 is 0 Å². The molecule has 4 aromatic rings. The molecule has 5 rings (SSSR count). The molecule has 4 aromatic heterocycles. The summed E-state index contributed by atoms with van der Waals surface area (Å²) in [5, 5.41) is 30.8. The Morgan fingerprint density at radius 2 is 2.00 bits per heavy atom. The molecular formula is C19H21N9O2. The van der Waals surface area contributed by atoms with Crippen molar-refractivity contribution < 1.29 is 10.2 Å². The minimum Gasteiger partial charge on any atom is -0.394 e. The van der Waals surface area contributed by atoms with E-state index < -0.39 is 0 Å². The minimum absolute atomic E-state index is 0.0268. The lowest BCUT2D eigenvalue weighted by Crippen LogP contribution is -2.41. The van der Waals surface area contributed by atoms with Gasteiger partial charge in [-0.3, -0.25) is 14.7 Å². The molecule has 0 aliphatic carbocycles. The zero-order valence-electron chi connectivity index (χ0n) is 16.3. The summed E-state index contributed by atoms with van der Waals surface area (Å²) in [5.41, 5.74) is 7.49. The average molecular weight is 407 g/mol. The molecule has 0 saturated heterocycles. The molecule has 0 unspecified atom stereocenters. The number of pyridine rings is 1. The molecular weight excluding hydrogens is 386 g/mol. The first-order chi connectivity index (χ1) is 14.7. The fourth-order valence-electron chi connectivity index (χ4n) is 3.51. The Labute approximate surface area is 171 Å². The quantitative estimate of drug-likeness (QED) is 0.416. The number of fused-ring (bicyclic) bond motifs is 2. The van der Waals surface area contributed by atoms with E-state index in [0.717, 1.165) is 28.0 Å². The van der Waals surface area contributed by atoms with E-state index in [0.29, 0.717) is 24.6 Å². The molecule has 11 nitrogen and oxygen atoms in total. The standard InChI is InChI=1S/C19H21N9O2/c1-25-18-19(23-16(9-20-18)14-7-21-26(11-14)4-5-29)28(24-25)10-13-2-3-27-17(6-13)15(12-30)8-22-27/h2-3,6-9,11,24,29-30H,4-5,10,12H2,1H3. The number of anilines is 2. The number of aliphatic hydroxyl groups excluding tert-OH is 2. The predicted molar refractivity (Wildman–Crippen MR) is 109 cm³/mol. The van der Waals surface area contributed by atoms with Crippen LogP contribution in [0.15, 0.2) is 43.1 Å². The van der Waals surface area contributed by atoms with Gasteiger partial charge in [0.05, 0.1) is 56.1 Å². The maximum Gasteiger partial charge on any atom is 0.190 e. The van der Waals surface area contributed by atoms with Gasteiger partial charge in [-0.15, -0.1) is 5.53 Å². The van der Waals surface area contributed by atoms with Crippen molar-refractivity contribution in [1.29, 1.82) is 0 Å². The van der Waals surface area contributed by atoms with E-state index in [9.17, 15) is 5.11 Å². The molecule has 5 heterocycles. The van der Waals surface area contributed by atoms with Crippen molar-refractivity contribution >= 4 is 17.2 Å². The number of hydrogen-bond acceptors (Lipinski definition) is 9. The summed E-state index contributed by atoms with van der Waals surface area (Å²) in [7, 11) is 1.89. The average Bonchev–Trinajstić information content (AvgIpc) is 3.46. The second-order valence-corrected chi connectivity index (χ2v) is 7.06. The number of aliphatic hydroxyl groups is 2. The number of nitrogens with one attached hydrogen (secondary N) is 1. The highest BCUT2D eigenvalue weighted by molar-refractivity contribution is 5.70. The van der Waals surface area contributed by atoms with Gasteiger partial charge in [-0.05, 0) is 17.7 Å². The summed E-state index contributed by atoms with van der Waals surface area (Å²) < 4.78 is 3.42. The second kappa shape index (κ2) is 7.37. The van der Waals surface area contributed by atoms with Gasteiger partial charge in [0.25, 0.3) is 0 Å². The van der Waals surface area contributed by atoms with Crippen LogP contribution in [0.5, 0.6) is 0 Å². The van der Waals surface area contributed by atoms with Crippen LogP contribution < -0.4 is 15.6 Å². The first kappa shape index (κ1) is 18.5. The summed E-state index contributed by atoms with van der Waals surface area (Å²) in [6.07, 6.45) is 8.82. The van der Waals surface area contributed by atoms with E-state index in [1.165, 1.54) is 0 Å². The first-order valence-corrected chi connectivity index (χ1v) is 9.50. The lowest BCUT2D eigenvalue weighted by atomic mass is 10.2. The van der Waals surface area contributed by atoms with Crippen LogP contribution in [0.4, 0.5) is 11.6 Å². The van der Waals surface area contributed by atoms with E-state index in [-0.39, 0.29) is 13.2 Å². The SMILES string of the molecule is CN1NN(Cc2ccn3ncc(CO)c3c2)c2nc(-c3cnn(CCO)c3)cnc21. The molecule has 11 heteroatoms. The highest BCUT2D eigenvalue weighted by Crippen LogP contribution is 2.31. The molecule has 0 saturated carbocycles. The lowest BCUT2D eigenvalue weighted by Gasteiger charge is -2.19. The van der Waals surface area contributed by atoms with E-state index in [1.54, 1.807) is 27.8 Å². The molecule has 0 spiro atoms. The number of aromatic nitrogens is 6. The Bertz CT molecular complexity index is 1200. The van der Waals surface area contributed by atoms with Gasteiger partial charge in [-0.1, -0.05) is 0 Å². The molecule has 0 amide bonds. The third-order valence-corrected chi connectivity index (χ3v) is 5.01. The fraction of sp³-hybridized carbons (Fsp3) is 0.263.